The summed E-state index contributed by atoms with van der Waals surface area (Å²) in [6, 6.07) is 22.2. The number of benzene rings is 5. The zero-order valence-electron chi connectivity index (χ0n) is 26.2. The number of hydrogen-bond acceptors (Lipinski definition) is 8. The van der Waals surface area contributed by atoms with Crippen molar-refractivity contribution in [1.82, 2.24) is 9.97 Å². The molecule has 10 nitrogen and oxygen atoms in total. The van der Waals surface area contributed by atoms with Gasteiger partial charge in [0.05, 0.1) is 33.5 Å². The summed E-state index contributed by atoms with van der Waals surface area (Å²) in [6.07, 6.45) is 0.805. The minimum Gasteiger partial charge on any atom is -0.478 e. The van der Waals surface area contributed by atoms with Crippen molar-refractivity contribution < 1.29 is 37.1 Å². The molecule has 5 aromatic carbocycles. The van der Waals surface area contributed by atoms with Crippen LogP contribution in [0.1, 0.15) is 44.4 Å². The first-order valence-corrected chi connectivity index (χ1v) is 15.6. The smallest absolute Gasteiger partial charge is 0.335 e. The predicted octanol–water partition coefficient (Wildman–Crippen LogP) is 8.57. The van der Waals surface area contributed by atoms with E-state index >= 15 is 4.39 Å². The van der Waals surface area contributed by atoms with Gasteiger partial charge >= 0.3 is 5.97 Å². The van der Waals surface area contributed by atoms with Crippen molar-refractivity contribution in [1.29, 1.82) is 0 Å². The molecule has 2 amide bonds. The van der Waals surface area contributed by atoms with E-state index in [9.17, 15) is 23.9 Å². The predicted molar refractivity (Wildman–Crippen MR) is 181 cm³/mol. The second-order valence-corrected chi connectivity index (χ2v) is 11.6. The number of imide groups is 1. The van der Waals surface area contributed by atoms with Crippen LogP contribution in [-0.2, 0) is 0 Å². The van der Waals surface area contributed by atoms with Crippen LogP contribution in [0.4, 0.5) is 20.2 Å². The number of oxazole rings is 2. The second kappa shape index (κ2) is 11.8. The molecule has 0 unspecified atom stereocenters. The number of aromatic nitrogens is 2. The topological polar surface area (TPSA) is 139 Å². The number of aromatic carboxylic acids is 1. The van der Waals surface area contributed by atoms with Crippen LogP contribution in [0.2, 0.25) is 0 Å². The largest absolute Gasteiger partial charge is 0.478 e. The summed E-state index contributed by atoms with van der Waals surface area (Å²) in [5.41, 5.74) is 3.42. The van der Waals surface area contributed by atoms with Gasteiger partial charge in [-0.1, -0.05) is 25.1 Å². The highest BCUT2D eigenvalue weighted by Gasteiger charge is 2.37. The molecule has 2 aromatic heterocycles. The standard InChI is InChI=1S/C38H24F2N4O6/c1-2-15-41-28-13-10-22(44-36(45)23-11-9-20(38(47)48)17-25(23)37(44)46)18-26(28)35-42-32-24(7-4-8-29(32)49-35)34-43-33-30(50-34)14-12-27(40)31(33)19-5-3-6-21(39)16-19/h3-14,16-18,41H,2,15H2,1H3,(H,47,48). The van der Waals surface area contributed by atoms with Crippen LogP contribution in [0, 0.1) is 11.6 Å². The third-order valence-electron chi connectivity index (χ3n) is 8.46. The Morgan fingerprint density at radius 1 is 0.780 bits per heavy atom. The molecule has 1 aliphatic heterocycles. The molecule has 1 aliphatic rings. The minimum absolute atomic E-state index is 0.00471. The summed E-state index contributed by atoms with van der Waals surface area (Å²) >= 11 is 0. The van der Waals surface area contributed by atoms with Gasteiger partial charge < -0.3 is 19.3 Å². The Morgan fingerprint density at radius 3 is 2.30 bits per heavy atom. The average molecular weight is 671 g/mol. The molecular formula is C38H24F2N4O6. The Hall–Kier alpha value is -6.69. The molecule has 0 bridgehead atoms. The van der Waals surface area contributed by atoms with E-state index in [4.69, 9.17) is 13.8 Å². The number of anilines is 2. The lowest BCUT2D eigenvalue weighted by molar-refractivity contribution is 0.0696. The van der Waals surface area contributed by atoms with Crippen LogP contribution in [0.15, 0.2) is 99.8 Å². The van der Waals surface area contributed by atoms with Gasteiger partial charge in [-0.3, -0.25) is 9.59 Å². The Bertz CT molecular complexity index is 2560. The molecule has 246 valence electrons. The molecule has 0 fully saturated rings. The first kappa shape index (κ1) is 30.6. The number of carboxylic acid groups (broad SMARTS) is 1. The molecule has 2 N–H and O–H groups in total. The summed E-state index contributed by atoms with van der Waals surface area (Å²) < 4.78 is 41.5. The Balaban J connectivity index is 1.23. The number of carbonyl (C=O) groups excluding carboxylic acids is 2. The Kier molecular flexibility index (Phi) is 7.21. The third-order valence-corrected chi connectivity index (χ3v) is 8.46. The summed E-state index contributed by atoms with van der Waals surface area (Å²) in [5.74, 6) is -3.26. The highest BCUT2D eigenvalue weighted by molar-refractivity contribution is 6.34. The molecule has 0 saturated heterocycles. The molecule has 0 atom stereocenters. The Morgan fingerprint density at radius 2 is 1.52 bits per heavy atom. The van der Waals surface area contributed by atoms with Gasteiger partial charge in [0.25, 0.3) is 11.8 Å². The number of nitrogens with zero attached hydrogens (tertiary/aromatic N) is 3. The zero-order valence-corrected chi connectivity index (χ0v) is 26.2. The van der Waals surface area contributed by atoms with Crippen molar-refractivity contribution in [2.24, 2.45) is 0 Å². The van der Waals surface area contributed by atoms with E-state index in [2.05, 4.69) is 10.3 Å². The second-order valence-electron chi connectivity index (χ2n) is 11.6. The van der Waals surface area contributed by atoms with E-state index in [0.717, 1.165) is 11.3 Å². The zero-order chi connectivity index (χ0) is 34.7. The van der Waals surface area contributed by atoms with Crippen molar-refractivity contribution in [2.75, 3.05) is 16.8 Å². The summed E-state index contributed by atoms with van der Waals surface area (Å²) in [5, 5.41) is 12.7. The highest BCUT2D eigenvalue weighted by atomic mass is 19.1. The van der Waals surface area contributed by atoms with Crippen molar-refractivity contribution >= 4 is 51.4 Å². The van der Waals surface area contributed by atoms with E-state index in [0.29, 0.717) is 40.0 Å². The average Bonchev–Trinajstić information content (AvgIpc) is 3.81. The lowest BCUT2D eigenvalue weighted by Gasteiger charge is -2.17. The lowest BCUT2D eigenvalue weighted by atomic mass is 10.0. The number of carboxylic acids is 1. The summed E-state index contributed by atoms with van der Waals surface area (Å²) in [4.78, 5) is 48.8. The maximum atomic E-state index is 15.1. The van der Waals surface area contributed by atoms with Gasteiger partial charge in [-0.25, -0.2) is 28.4 Å². The minimum atomic E-state index is -1.22. The molecule has 0 saturated carbocycles. The van der Waals surface area contributed by atoms with Gasteiger partial charge in [0, 0.05) is 17.8 Å². The van der Waals surface area contributed by atoms with Crippen molar-refractivity contribution in [2.45, 2.75) is 13.3 Å². The van der Waals surface area contributed by atoms with Crippen molar-refractivity contribution in [3.63, 3.8) is 0 Å². The van der Waals surface area contributed by atoms with Crippen LogP contribution >= 0.6 is 0 Å². The normalized spacial score (nSPS) is 12.7. The molecule has 0 spiro atoms. The molecule has 3 heterocycles. The number of amides is 2. The van der Waals surface area contributed by atoms with Gasteiger partial charge in [-0.05, 0) is 84.8 Å². The summed E-state index contributed by atoms with van der Waals surface area (Å²) in [6.45, 7) is 2.61. The molecule has 0 radical (unpaired) electrons. The van der Waals surface area contributed by atoms with Gasteiger partial charge in [0.1, 0.15) is 22.7 Å². The third kappa shape index (κ3) is 4.96. The molecule has 7 aromatic rings. The fraction of sp³-hybridized carbons (Fsp3) is 0.0789. The van der Waals surface area contributed by atoms with Crippen molar-refractivity contribution in [3.8, 4) is 34.0 Å². The highest BCUT2D eigenvalue weighted by Crippen LogP contribution is 2.40. The van der Waals surface area contributed by atoms with E-state index in [1.54, 1.807) is 42.5 Å². The van der Waals surface area contributed by atoms with Gasteiger partial charge in [-0.2, -0.15) is 0 Å². The number of fused-ring (bicyclic) bond motifs is 3. The lowest BCUT2D eigenvalue weighted by Crippen LogP contribution is -2.29. The molecule has 50 heavy (non-hydrogen) atoms. The van der Waals surface area contributed by atoms with Crippen LogP contribution < -0.4 is 10.2 Å². The van der Waals surface area contributed by atoms with E-state index < -0.39 is 29.4 Å². The monoisotopic (exact) mass is 670 g/mol. The number of nitrogens with one attached hydrogen (secondary N) is 1. The van der Waals surface area contributed by atoms with Gasteiger partial charge in [-0.15, -0.1) is 0 Å². The maximum absolute atomic E-state index is 15.1. The van der Waals surface area contributed by atoms with Crippen LogP contribution in [-0.4, -0.2) is 39.4 Å². The van der Waals surface area contributed by atoms with Gasteiger partial charge in [0.2, 0.25) is 11.8 Å². The maximum Gasteiger partial charge on any atom is 0.335 e. The van der Waals surface area contributed by atoms with E-state index in [-0.39, 0.29) is 50.8 Å². The Labute approximate surface area is 281 Å². The van der Waals surface area contributed by atoms with Gasteiger partial charge in [0.15, 0.2) is 11.2 Å². The number of halogens is 2. The van der Waals surface area contributed by atoms with Crippen LogP contribution in [0.5, 0.6) is 0 Å². The first-order valence-electron chi connectivity index (χ1n) is 15.6. The number of para-hydroxylation sites is 1. The van der Waals surface area contributed by atoms with Crippen LogP contribution in [0.3, 0.4) is 0 Å². The van der Waals surface area contributed by atoms with Crippen molar-refractivity contribution in [3.05, 3.63) is 119 Å². The number of carbonyl (C=O) groups is 3. The molecular weight excluding hydrogens is 646 g/mol. The first-order chi connectivity index (χ1) is 24.2. The number of rotatable bonds is 8. The molecule has 8 rings (SSSR count). The quantitative estimate of drug-likeness (QED) is 0.152. The fourth-order valence-corrected chi connectivity index (χ4v) is 6.11. The van der Waals surface area contributed by atoms with Crippen LogP contribution in [0.25, 0.3) is 56.2 Å². The molecule has 12 heteroatoms. The SMILES string of the molecule is CCCNc1ccc(N2C(=O)c3ccc(C(=O)O)cc3C2=O)cc1-c1nc2c(-c3nc4c(-c5cccc(F)c5)c(F)ccc4o3)cccc2o1. The fourth-order valence-electron chi connectivity index (χ4n) is 6.11. The summed E-state index contributed by atoms with van der Waals surface area (Å²) in [7, 11) is 0. The molecule has 0 aliphatic carbocycles. The van der Waals surface area contributed by atoms with E-state index in [1.807, 2.05) is 6.92 Å². The van der Waals surface area contributed by atoms with E-state index in [1.165, 1.54) is 48.5 Å². The number of hydrogen-bond donors (Lipinski definition) is 2.